The van der Waals surface area contributed by atoms with Crippen molar-refractivity contribution in [3.05, 3.63) is 70.2 Å². The van der Waals surface area contributed by atoms with E-state index in [0.717, 1.165) is 4.47 Å². The van der Waals surface area contributed by atoms with E-state index in [9.17, 15) is 9.59 Å². The molecule has 1 unspecified atom stereocenters. The Morgan fingerprint density at radius 2 is 1.78 bits per heavy atom. The lowest BCUT2D eigenvalue weighted by Crippen LogP contribution is -2.24. The van der Waals surface area contributed by atoms with Crippen LogP contribution in [0.3, 0.4) is 0 Å². The van der Waals surface area contributed by atoms with Gasteiger partial charge < -0.3 is 10.6 Å². The van der Waals surface area contributed by atoms with Crippen molar-refractivity contribution < 1.29 is 9.59 Å². The lowest BCUT2D eigenvalue weighted by Gasteiger charge is -2.13. The molecule has 2 amide bonds. The van der Waals surface area contributed by atoms with Crippen LogP contribution in [0, 0.1) is 0 Å². The van der Waals surface area contributed by atoms with E-state index in [2.05, 4.69) is 36.6 Å². The van der Waals surface area contributed by atoms with Crippen LogP contribution >= 0.6 is 27.5 Å². The number of halogens is 2. The molecule has 1 atom stereocenters. The Bertz CT molecular complexity index is 960. The SMILES string of the molecule is CC(C(=O)Nc1ccc(NC(=O)c2cc(Br)ccc2Cl)cc1)n1cncn1. The Labute approximate surface area is 168 Å². The maximum absolute atomic E-state index is 12.4. The second-order valence-electron chi connectivity index (χ2n) is 5.70. The van der Waals surface area contributed by atoms with Crippen LogP contribution in [0.4, 0.5) is 11.4 Å². The van der Waals surface area contributed by atoms with E-state index in [-0.39, 0.29) is 11.8 Å². The number of amides is 2. The molecule has 3 rings (SSSR count). The summed E-state index contributed by atoms with van der Waals surface area (Å²) in [4.78, 5) is 28.4. The Kier molecular flexibility index (Phi) is 5.88. The van der Waals surface area contributed by atoms with Crippen LogP contribution in [-0.4, -0.2) is 26.6 Å². The molecular weight excluding hydrogens is 434 g/mol. The smallest absolute Gasteiger partial charge is 0.257 e. The van der Waals surface area contributed by atoms with Crippen LogP contribution in [-0.2, 0) is 4.79 Å². The van der Waals surface area contributed by atoms with Gasteiger partial charge in [0.1, 0.15) is 18.7 Å². The van der Waals surface area contributed by atoms with Crippen molar-refractivity contribution in [3.8, 4) is 0 Å². The summed E-state index contributed by atoms with van der Waals surface area (Å²) in [5.41, 5.74) is 1.55. The zero-order valence-electron chi connectivity index (χ0n) is 14.2. The first kappa shape index (κ1) is 19.1. The average Bonchev–Trinajstić information content (AvgIpc) is 3.19. The summed E-state index contributed by atoms with van der Waals surface area (Å²) in [7, 11) is 0. The Hall–Kier alpha value is -2.71. The number of hydrogen-bond acceptors (Lipinski definition) is 4. The molecule has 0 bridgehead atoms. The van der Waals surface area contributed by atoms with Gasteiger partial charge in [0.15, 0.2) is 0 Å². The molecule has 138 valence electrons. The summed E-state index contributed by atoms with van der Waals surface area (Å²) < 4.78 is 2.22. The molecule has 0 spiro atoms. The van der Waals surface area contributed by atoms with Crippen LogP contribution in [0.25, 0.3) is 0 Å². The van der Waals surface area contributed by atoms with Crippen LogP contribution < -0.4 is 10.6 Å². The fourth-order valence-electron chi connectivity index (χ4n) is 2.29. The number of nitrogens with one attached hydrogen (secondary N) is 2. The number of anilines is 2. The van der Waals surface area contributed by atoms with Crippen LogP contribution in [0.2, 0.25) is 5.02 Å². The van der Waals surface area contributed by atoms with Crippen molar-refractivity contribution >= 4 is 50.7 Å². The molecule has 1 heterocycles. The third-order valence-corrected chi connectivity index (χ3v) is 4.62. The summed E-state index contributed by atoms with van der Waals surface area (Å²) >= 11 is 9.39. The van der Waals surface area contributed by atoms with Crippen molar-refractivity contribution in [2.24, 2.45) is 0 Å². The summed E-state index contributed by atoms with van der Waals surface area (Å²) in [5, 5.41) is 9.88. The lowest BCUT2D eigenvalue weighted by molar-refractivity contribution is -0.119. The number of nitrogens with zero attached hydrogens (tertiary/aromatic N) is 3. The summed E-state index contributed by atoms with van der Waals surface area (Å²) in [6.07, 6.45) is 2.86. The van der Waals surface area contributed by atoms with Gasteiger partial charge in [-0.2, -0.15) is 5.10 Å². The third-order valence-electron chi connectivity index (χ3n) is 3.80. The predicted molar refractivity (Wildman–Crippen MR) is 107 cm³/mol. The van der Waals surface area contributed by atoms with Crippen molar-refractivity contribution in [2.75, 3.05) is 10.6 Å². The number of carbonyl (C=O) groups is 2. The highest BCUT2D eigenvalue weighted by Crippen LogP contribution is 2.23. The number of aromatic nitrogens is 3. The van der Waals surface area contributed by atoms with Gasteiger partial charge in [0, 0.05) is 15.8 Å². The molecule has 0 radical (unpaired) electrons. The predicted octanol–water partition coefficient (Wildman–Crippen LogP) is 4.15. The first-order valence-electron chi connectivity index (χ1n) is 7.95. The molecular formula is C18H15BrClN5O2. The maximum Gasteiger partial charge on any atom is 0.257 e. The van der Waals surface area contributed by atoms with Gasteiger partial charge in [-0.05, 0) is 49.4 Å². The molecule has 0 fully saturated rings. The molecule has 0 aliphatic heterocycles. The third kappa shape index (κ3) is 4.72. The highest BCUT2D eigenvalue weighted by Gasteiger charge is 2.16. The molecule has 0 saturated heterocycles. The minimum atomic E-state index is -0.495. The minimum Gasteiger partial charge on any atom is -0.324 e. The van der Waals surface area contributed by atoms with E-state index in [1.165, 1.54) is 17.3 Å². The van der Waals surface area contributed by atoms with Crippen LogP contribution in [0.15, 0.2) is 59.6 Å². The van der Waals surface area contributed by atoms with E-state index in [4.69, 9.17) is 11.6 Å². The number of benzene rings is 2. The lowest BCUT2D eigenvalue weighted by atomic mass is 10.2. The summed E-state index contributed by atoms with van der Waals surface area (Å²) in [5.74, 6) is -0.545. The molecule has 9 heteroatoms. The number of carbonyl (C=O) groups excluding carboxylic acids is 2. The van der Waals surface area contributed by atoms with Gasteiger partial charge in [-0.3, -0.25) is 9.59 Å². The van der Waals surface area contributed by atoms with Crippen molar-refractivity contribution in [1.82, 2.24) is 14.8 Å². The molecule has 2 aromatic carbocycles. The topological polar surface area (TPSA) is 88.9 Å². The first-order chi connectivity index (χ1) is 12.9. The van der Waals surface area contributed by atoms with E-state index in [1.807, 2.05) is 0 Å². The van der Waals surface area contributed by atoms with Gasteiger partial charge in [0.2, 0.25) is 5.91 Å². The van der Waals surface area contributed by atoms with Crippen molar-refractivity contribution in [1.29, 1.82) is 0 Å². The fourth-order valence-corrected chi connectivity index (χ4v) is 2.86. The maximum atomic E-state index is 12.4. The zero-order chi connectivity index (χ0) is 19.4. The van der Waals surface area contributed by atoms with Gasteiger partial charge in [-0.1, -0.05) is 27.5 Å². The van der Waals surface area contributed by atoms with E-state index < -0.39 is 6.04 Å². The van der Waals surface area contributed by atoms with Gasteiger partial charge >= 0.3 is 0 Å². The fraction of sp³-hybridized carbons (Fsp3) is 0.111. The highest BCUT2D eigenvalue weighted by molar-refractivity contribution is 9.10. The number of hydrogen-bond donors (Lipinski definition) is 2. The molecule has 3 aromatic rings. The van der Waals surface area contributed by atoms with Crippen LogP contribution in [0.1, 0.15) is 23.3 Å². The minimum absolute atomic E-state index is 0.224. The summed E-state index contributed by atoms with van der Waals surface area (Å²) in [6, 6.07) is 11.3. The van der Waals surface area contributed by atoms with E-state index >= 15 is 0 Å². The van der Waals surface area contributed by atoms with Gasteiger partial charge in [-0.25, -0.2) is 9.67 Å². The Morgan fingerprint density at radius 1 is 1.11 bits per heavy atom. The largest absolute Gasteiger partial charge is 0.324 e. The number of rotatable bonds is 5. The molecule has 0 saturated carbocycles. The van der Waals surface area contributed by atoms with E-state index in [0.29, 0.717) is 22.0 Å². The highest BCUT2D eigenvalue weighted by atomic mass is 79.9. The second kappa shape index (κ2) is 8.32. The average molecular weight is 449 g/mol. The Morgan fingerprint density at radius 3 is 2.41 bits per heavy atom. The molecule has 1 aromatic heterocycles. The Balaban J connectivity index is 1.64. The first-order valence-corrected chi connectivity index (χ1v) is 9.12. The molecule has 7 nitrogen and oxygen atoms in total. The quantitative estimate of drug-likeness (QED) is 0.614. The van der Waals surface area contributed by atoms with E-state index in [1.54, 1.807) is 49.4 Å². The van der Waals surface area contributed by atoms with Crippen LogP contribution in [0.5, 0.6) is 0 Å². The van der Waals surface area contributed by atoms with Gasteiger partial charge in [-0.15, -0.1) is 0 Å². The molecule has 0 aliphatic rings. The van der Waals surface area contributed by atoms with Crippen molar-refractivity contribution in [3.63, 3.8) is 0 Å². The molecule has 2 N–H and O–H groups in total. The zero-order valence-corrected chi connectivity index (χ0v) is 16.5. The standard InChI is InChI=1S/C18H15BrClN5O2/c1-11(25-10-21-9-22-25)17(26)23-13-3-5-14(6-4-13)24-18(27)15-8-12(19)2-7-16(15)20/h2-11H,1H3,(H,23,26)(H,24,27). The molecule has 27 heavy (non-hydrogen) atoms. The molecule has 0 aliphatic carbocycles. The van der Waals surface area contributed by atoms with Crippen molar-refractivity contribution in [2.45, 2.75) is 13.0 Å². The van der Waals surface area contributed by atoms with Gasteiger partial charge in [0.05, 0.1) is 10.6 Å². The normalized spacial score (nSPS) is 11.7. The second-order valence-corrected chi connectivity index (χ2v) is 7.02. The summed E-state index contributed by atoms with van der Waals surface area (Å²) in [6.45, 7) is 1.72. The van der Waals surface area contributed by atoms with Gasteiger partial charge in [0.25, 0.3) is 5.91 Å². The monoisotopic (exact) mass is 447 g/mol.